The first-order chi connectivity index (χ1) is 12.1. The Kier molecular flexibility index (Phi) is 6.32. The number of carbonyl (C=O) groups is 2. The molecule has 126 valence electrons. The number of hydrogen-bond acceptors (Lipinski definition) is 4. The largest absolute Gasteiger partial charge is 0.481 e. The first kappa shape index (κ1) is 17.8. The lowest BCUT2D eigenvalue weighted by atomic mass is 10.2. The Hall–Kier alpha value is -3.59. The summed E-state index contributed by atoms with van der Waals surface area (Å²) in [5.41, 5.74) is 4.17. The molecule has 25 heavy (non-hydrogen) atoms. The van der Waals surface area contributed by atoms with E-state index in [0.717, 1.165) is 5.56 Å². The minimum atomic E-state index is -0.377. The van der Waals surface area contributed by atoms with Crippen LogP contribution in [0, 0.1) is 12.3 Å². The minimum Gasteiger partial charge on any atom is -0.481 e. The highest BCUT2D eigenvalue weighted by Crippen LogP contribution is 2.11. The van der Waals surface area contributed by atoms with Crippen molar-refractivity contribution >= 4 is 23.7 Å². The number of rotatable bonds is 6. The fourth-order valence-electron chi connectivity index (χ4n) is 1.95. The van der Waals surface area contributed by atoms with Gasteiger partial charge in [0.05, 0.1) is 6.21 Å². The molecule has 0 spiro atoms. The van der Waals surface area contributed by atoms with Crippen molar-refractivity contribution in [2.45, 2.75) is 6.92 Å². The Morgan fingerprint density at radius 2 is 2.00 bits per heavy atom. The zero-order valence-corrected chi connectivity index (χ0v) is 13.7. The second-order valence-corrected chi connectivity index (χ2v) is 5.02. The molecule has 0 bridgehead atoms. The van der Waals surface area contributed by atoms with E-state index in [4.69, 9.17) is 11.2 Å². The lowest BCUT2D eigenvalue weighted by Gasteiger charge is -2.04. The van der Waals surface area contributed by atoms with Gasteiger partial charge in [0.15, 0.2) is 0 Å². The molecule has 0 aliphatic rings. The molecule has 0 aliphatic carbocycles. The Bertz CT molecular complexity index is 821. The van der Waals surface area contributed by atoms with Gasteiger partial charge in [-0.1, -0.05) is 12.0 Å². The van der Waals surface area contributed by atoms with Crippen molar-refractivity contribution in [1.82, 2.24) is 5.43 Å². The summed E-state index contributed by atoms with van der Waals surface area (Å²) < 4.78 is 5.27. The quantitative estimate of drug-likeness (QED) is 0.483. The molecular weight excluding hydrogens is 318 g/mol. The van der Waals surface area contributed by atoms with Crippen LogP contribution in [0.2, 0.25) is 0 Å². The number of nitrogens with zero attached hydrogens (tertiary/aromatic N) is 1. The third-order valence-electron chi connectivity index (χ3n) is 3.03. The number of ether oxygens (including phenoxy) is 1. The van der Waals surface area contributed by atoms with Crippen LogP contribution >= 0.6 is 0 Å². The zero-order chi connectivity index (χ0) is 18.1. The Balaban J connectivity index is 1.94. The third kappa shape index (κ3) is 5.84. The van der Waals surface area contributed by atoms with Gasteiger partial charge in [-0.15, -0.1) is 6.42 Å². The predicted octanol–water partition coefficient (Wildman–Crippen LogP) is 2.42. The maximum atomic E-state index is 12.1. The highest BCUT2D eigenvalue weighted by atomic mass is 16.5. The molecular formula is C19H17N3O3. The van der Waals surface area contributed by atoms with Crippen molar-refractivity contribution in [2.24, 2.45) is 5.10 Å². The number of anilines is 1. The van der Waals surface area contributed by atoms with E-state index < -0.39 is 0 Å². The van der Waals surface area contributed by atoms with Crippen LogP contribution in [0.1, 0.15) is 22.8 Å². The second kappa shape index (κ2) is 8.89. The van der Waals surface area contributed by atoms with E-state index in [1.165, 1.54) is 13.1 Å². The number of nitrogens with one attached hydrogen (secondary N) is 2. The smallest absolute Gasteiger partial charge is 0.271 e. The van der Waals surface area contributed by atoms with Gasteiger partial charge in [0.2, 0.25) is 5.91 Å². The Morgan fingerprint density at radius 1 is 1.24 bits per heavy atom. The van der Waals surface area contributed by atoms with E-state index >= 15 is 0 Å². The van der Waals surface area contributed by atoms with Crippen molar-refractivity contribution in [2.75, 3.05) is 11.9 Å². The summed E-state index contributed by atoms with van der Waals surface area (Å²) in [4.78, 5) is 23.1. The van der Waals surface area contributed by atoms with Crippen molar-refractivity contribution < 1.29 is 14.3 Å². The summed E-state index contributed by atoms with van der Waals surface area (Å²) in [6.07, 6.45) is 6.64. The van der Waals surface area contributed by atoms with Gasteiger partial charge in [0.25, 0.3) is 5.91 Å². The molecule has 0 unspecified atom stereocenters. The fourth-order valence-corrected chi connectivity index (χ4v) is 1.95. The fraction of sp³-hybridized carbons (Fsp3) is 0.105. The number of hydrogen-bond donors (Lipinski definition) is 2. The first-order valence-corrected chi connectivity index (χ1v) is 7.46. The number of benzene rings is 2. The highest BCUT2D eigenvalue weighted by molar-refractivity contribution is 5.97. The van der Waals surface area contributed by atoms with Crippen molar-refractivity contribution in [3.05, 3.63) is 59.7 Å². The SMILES string of the molecule is C#CCOc1ccc(/C=N\NC(=O)c2cccc(NC(C)=O)c2)cc1. The van der Waals surface area contributed by atoms with Crippen molar-refractivity contribution in [3.8, 4) is 18.1 Å². The molecule has 0 radical (unpaired) electrons. The van der Waals surface area contributed by atoms with E-state index in [0.29, 0.717) is 17.0 Å². The zero-order valence-electron chi connectivity index (χ0n) is 13.7. The Labute approximate surface area is 145 Å². The van der Waals surface area contributed by atoms with E-state index in [2.05, 4.69) is 21.8 Å². The summed E-state index contributed by atoms with van der Waals surface area (Å²) in [5.74, 6) is 2.47. The number of terminal acetylenes is 1. The summed E-state index contributed by atoms with van der Waals surface area (Å²) in [6, 6.07) is 13.7. The van der Waals surface area contributed by atoms with Gasteiger partial charge in [-0.3, -0.25) is 9.59 Å². The molecule has 0 aliphatic heterocycles. The van der Waals surface area contributed by atoms with Gasteiger partial charge in [-0.05, 0) is 48.0 Å². The molecule has 0 fully saturated rings. The van der Waals surface area contributed by atoms with Gasteiger partial charge in [0.1, 0.15) is 12.4 Å². The number of hydrazone groups is 1. The van der Waals surface area contributed by atoms with Crippen LogP contribution in [-0.2, 0) is 4.79 Å². The standard InChI is InChI=1S/C19H17N3O3/c1-3-11-25-18-9-7-15(8-10-18)13-20-22-19(24)16-5-4-6-17(12-16)21-14(2)23/h1,4-10,12-13H,11H2,2H3,(H,21,23)(H,22,24)/b20-13-. The number of carbonyl (C=O) groups excluding carboxylic acids is 2. The molecule has 2 aromatic rings. The van der Waals surface area contributed by atoms with Crippen molar-refractivity contribution in [3.63, 3.8) is 0 Å². The molecule has 0 atom stereocenters. The average Bonchev–Trinajstić information content (AvgIpc) is 2.60. The monoisotopic (exact) mass is 335 g/mol. The maximum Gasteiger partial charge on any atom is 0.271 e. The maximum absolute atomic E-state index is 12.1. The van der Waals surface area contributed by atoms with E-state index in [1.807, 2.05) is 0 Å². The van der Waals surface area contributed by atoms with Crippen LogP contribution < -0.4 is 15.5 Å². The van der Waals surface area contributed by atoms with E-state index in [-0.39, 0.29) is 18.4 Å². The summed E-state index contributed by atoms with van der Waals surface area (Å²) in [6.45, 7) is 1.61. The van der Waals surface area contributed by atoms with E-state index in [1.54, 1.807) is 48.5 Å². The molecule has 0 heterocycles. The lowest BCUT2D eigenvalue weighted by molar-refractivity contribution is -0.114. The molecule has 6 heteroatoms. The summed E-state index contributed by atoms with van der Waals surface area (Å²) in [5, 5.41) is 6.54. The van der Waals surface area contributed by atoms with Crippen LogP contribution in [0.15, 0.2) is 53.6 Å². The molecule has 2 rings (SSSR count). The Morgan fingerprint density at radius 3 is 2.68 bits per heavy atom. The van der Waals surface area contributed by atoms with E-state index in [9.17, 15) is 9.59 Å². The average molecular weight is 335 g/mol. The topological polar surface area (TPSA) is 79.8 Å². The highest BCUT2D eigenvalue weighted by Gasteiger charge is 2.05. The molecule has 6 nitrogen and oxygen atoms in total. The molecule has 0 saturated carbocycles. The third-order valence-corrected chi connectivity index (χ3v) is 3.03. The molecule has 2 N–H and O–H groups in total. The van der Waals surface area contributed by atoms with Crippen molar-refractivity contribution in [1.29, 1.82) is 0 Å². The molecule has 2 amide bonds. The normalized spacial score (nSPS) is 10.1. The first-order valence-electron chi connectivity index (χ1n) is 7.46. The van der Waals surface area contributed by atoms with Gasteiger partial charge in [-0.2, -0.15) is 5.10 Å². The van der Waals surface area contributed by atoms with Gasteiger partial charge >= 0.3 is 0 Å². The van der Waals surface area contributed by atoms with Crippen LogP contribution in [0.25, 0.3) is 0 Å². The predicted molar refractivity (Wildman–Crippen MR) is 96.6 cm³/mol. The van der Waals surface area contributed by atoms with Crippen LogP contribution in [0.4, 0.5) is 5.69 Å². The van der Waals surface area contributed by atoms with Crippen LogP contribution in [0.5, 0.6) is 5.75 Å². The molecule has 0 saturated heterocycles. The van der Waals surface area contributed by atoms with Crippen LogP contribution in [-0.4, -0.2) is 24.6 Å². The number of amides is 2. The van der Waals surface area contributed by atoms with Gasteiger partial charge in [-0.25, -0.2) is 5.43 Å². The summed E-state index contributed by atoms with van der Waals surface area (Å²) in [7, 11) is 0. The lowest BCUT2D eigenvalue weighted by Crippen LogP contribution is -2.18. The summed E-state index contributed by atoms with van der Waals surface area (Å²) >= 11 is 0. The molecule has 0 aromatic heterocycles. The minimum absolute atomic E-state index is 0.203. The molecule has 2 aromatic carbocycles. The van der Waals surface area contributed by atoms with Crippen LogP contribution in [0.3, 0.4) is 0 Å². The van der Waals surface area contributed by atoms with Gasteiger partial charge < -0.3 is 10.1 Å². The van der Waals surface area contributed by atoms with Gasteiger partial charge in [0, 0.05) is 18.2 Å². The second-order valence-electron chi connectivity index (χ2n) is 5.02.